The number of hydrogen-bond donors (Lipinski definition) is 3. The number of aliphatic hydroxyl groups is 2. The molecule has 1 fully saturated rings. The normalized spacial score (nSPS) is 22.0. The Morgan fingerprint density at radius 2 is 1.84 bits per heavy atom. The van der Waals surface area contributed by atoms with Gasteiger partial charge in [-0.25, -0.2) is 13.2 Å². The van der Waals surface area contributed by atoms with Gasteiger partial charge >= 0.3 is 0 Å². The van der Waals surface area contributed by atoms with Crippen molar-refractivity contribution >= 4 is 11.8 Å². The van der Waals surface area contributed by atoms with Gasteiger partial charge in [0.2, 0.25) is 5.43 Å². The minimum absolute atomic E-state index is 0.0388. The number of benzene rings is 2. The van der Waals surface area contributed by atoms with Gasteiger partial charge in [-0.15, -0.1) is 0 Å². The Morgan fingerprint density at radius 1 is 1.16 bits per heavy atom. The van der Waals surface area contributed by atoms with Crippen LogP contribution in [0.5, 0.6) is 5.75 Å². The third-order valence-electron chi connectivity index (χ3n) is 8.16. The Balaban J connectivity index is 1.62. The Bertz CT molecular complexity index is 1590. The average Bonchev–Trinajstić information content (AvgIpc) is 3.05. The van der Waals surface area contributed by atoms with Crippen LogP contribution in [0.4, 0.5) is 13.2 Å². The summed E-state index contributed by atoms with van der Waals surface area (Å²) in [5, 5.41) is 24.4. The molecule has 2 bridgehead atoms. The maximum Gasteiger partial charge on any atom is 0.274 e. The average molecular weight is 600 g/mol. The lowest BCUT2D eigenvalue weighted by molar-refractivity contribution is -0.0553. The number of pyridine rings is 1. The summed E-state index contributed by atoms with van der Waals surface area (Å²) in [5.41, 5.74) is -3.03. The fourth-order valence-corrected chi connectivity index (χ4v) is 5.93. The fraction of sp³-hybridized carbons (Fsp3) is 0.387. The zero-order chi connectivity index (χ0) is 31.1. The van der Waals surface area contributed by atoms with Gasteiger partial charge in [-0.05, 0) is 32.3 Å². The summed E-state index contributed by atoms with van der Waals surface area (Å²) in [6, 6.07) is 8.61. The van der Waals surface area contributed by atoms with Gasteiger partial charge in [0.25, 0.3) is 11.8 Å². The molecule has 0 spiro atoms. The third-order valence-corrected chi connectivity index (χ3v) is 8.16. The third kappa shape index (κ3) is 5.89. The van der Waals surface area contributed by atoms with Crippen LogP contribution in [0, 0.1) is 17.5 Å². The van der Waals surface area contributed by atoms with Crippen molar-refractivity contribution in [1.29, 1.82) is 0 Å². The number of ether oxygens (including phenoxy) is 1. The number of carbonyl (C=O) groups excluding carboxylic acids is 2. The van der Waals surface area contributed by atoms with E-state index in [2.05, 4.69) is 5.32 Å². The van der Waals surface area contributed by atoms with Gasteiger partial charge in [-0.3, -0.25) is 14.4 Å². The monoisotopic (exact) mass is 599 g/mol. The summed E-state index contributed by atoms with van der Waals surface area (Å²) in [6.45, 7) is 2.59. The highest BCUT2D eigenvalue weighted by atomic mass is 19.1. The first kappa shape index (κ1) is 30.3. The molecule has 2 amide bonds. The van der Waals surface area contributed by atoms with Crippen LogP contribution in [0.15, 0.2) is 53.5 Å². The number of nitrogens with zero attached hydrogens (tertiary/aromatic N) is 2. The number of aliphatic hydroxyl groups excluding tert-OH is 1. The van der Waals surface area contributed by atoms with Gasteiger partial charge in [0.05, 0.1) is 17.7 Å². The number of carbonyl (C=O) groups is 2. The van der Waals surface area contributed by atoms with E-state index in [1.54, 1.807) is 35.2 Å². The maximum atomic E-state index is 14.2. The predicted molar refractivity (Wildman–Crippen MR) is 149 cm³/mol. The SMILES string of the molecule is CC(O)C[C@]1(O)CC[C@H](C)N2C[C@H]1n1cc(C(=O)NCc3c(F)cc(F)cc3F)c(=O)c(OCc3ccccc3)c1C2=O. The van der Waals surface area contributed by atoms with Gasteiger partial charge in [-0.1, -0.05) is 30.3 Å². The quantitative estimate of drug-likeness (QED) is 0.365. The van der Waals surface area contributed by atoms with Crippen molar-refractivity contribution in [3.05, 3.63) is 98.7 Å². The van der Waals surface area contributed by atoms with Crippen LogP contribution in [0.3, 0.4) is 0 Å². The molecule has 3 aromatic rings. The summed E-state index contributed by atoms with van der Waals surface area (Å²) in [6.07, 6.45) is 0.853. The molecule has 2 aromatic carbocycles. The van der Waals surface area contributed by atoms with E-state index in [-0.39, 0.29) is 37.7 Å². The van der Waals surface area contributed by atoms with Crippen LogP contribution in [0.2, 0.25) is 0 Å². The number of hydrogen-bond acceptors (Lipinski definition) is 6. The van der Waals surface area contributed by atoms with E-state index in [0.717, 1.165) is 6.20 Å². The van der Waals surface area contributed by atoms with Crippen molar-refractivity contribution in [2.24, 2.45) is 0 Å². The van der Waals surface area contributed by atoms with Gasteiger partial charge in [-0.2, -0.15) is 0 Å². The van der Waals surface area contributed by atoms with E-state index >= 15 is 0 Å². The minimum atomic E-state index is -1.52. The number of halogens is 3. The van der Waals surface area contributed by atoms with Crippen molar-refractivity contribution in [3.63, 3.8) is 0 Å². The molecule has 3 heterocycles. The van der Waals surface area contributed by atoms with E-state index in [1.807, 2.05) is 6.92 Å². The second-order valence-corrected chi connectivity index (χ2v) is 11.3. The van der Waals surface area contributed by atoms with E-state index in [1.165, 1.54) is 11.5 Å². The van der Waals surface area contributed by atoms with E-state index in [9.17, 15) is 37.8 Å². The molecule has 0 aliphatic carbocycles. The molecular weight excluding hydrogens is 567 g/mol. The lowest BCUT2D eigenvalue weighted by Crippen LogP contribution is -2.53. The Hall–Kier alpha value is -4.16. The van der Waals surface area contributed by atoms with Crippen LogP contribution >= 0.6 is 0 Å². The minimum Gasteiger partial charge on any atom is -0.483 e. The molecule has 9 nitrogen and oxygen atoms in total. The summed E-state index contributed by atoms with van der Waals surface area (Å²) in [4.78, 5) is 42.5. The molecule has 1 saturated heterocycles. The van der Waals surface area contributed by atoms with E-state index in [4.69, 9.17) is 4.74 Å². The molecule has 0 radical (unpaired) electrons. The molecular formula is C31H32F3N3O6. The molecule has 43 heavy (non-hydrogen) atoms. The van der Waals surface area contributed by atoms with E-state index in [0.29, 0.717) is 24.1 Å². The highest BCUT2D eigenvalue weighted by molar-refractivity contribution is 5.99. The molecule has 228 valence electrons. The first-order chi connectivity index (χ1) is 20.4. The topological polar surface area (TPSA) is 121 Å². The van der Waals surface area contributed by atoms with Crippen molar-refractivity contribution in [2.45, 2.75) is 70.1 Å². The van der Waals surface area contributed by atoms with Gasteiger partial charge in [0.15, 0.2) is 11.4 Å². The summed E-state index contributed by atoms with van der Waals surface area (Å²) in [7, 11) is 0. The zero-order valence-electron chi connectivity index (χ0n) is 23.6. The summed E-state index contributed by atoms with van der Waals surface area (Å²) >= 11 is 0. The van der Waals surface area contributed by atoms with Crippen molar-refractivity contribution in [1.82, 2.24) is 14.8 Å². The van der Waals surface area contributed by atoms with Crippen molar-refractivity contribution < 1.29 is 37.7 Å². The van der Waals surface area contributed by atoms with Crippen molar-refractivity contribution in [2.75, 3.05) is 6.54 Å². The van der Waals surface area contributed by atoms with Crippen LogP contribution in [-0.2, 0) is 13.2 Å². The lowest BCUT2D eigenvalue weighted by Gasteiger charge is -2.43. The fourth-order valence-electron chi connectivity index (χ4n) is 5.93. The second-order valence-electron chi connectivity index (χ2n) is 11.3. The Kier molecular flexibility index (Phi) is 8.35. The largest absolute Gasteiger partial charge is 0.483 e. The Morgan fingerprint density at radius 3 is 2.49 bits per heavy atom. The number of aromatic nitrogens is 1. The number of nitrogens with one attached hydrogen (secondary N) is 1. The molecule has 5 rings (SSSR count). The summed E-state index contributed by atoms with van der Waals surface area (Å²) in [5.74, 6) is -5.51. The first-order valence-corrected chi connectivity index (χ1v) is 14.0. The van der Waals surface area contributed by atoms with Crippen LogP contribution < -0.4 is 15.5 Å². The molecule has 1 unspecified atom stereocenters. The smallest absolute Gasteiger partial charge is 0.274 e. The number of amides is 2. The molecule has 12 heteroatoms. The molecule has 2 aliphatic rings. The maximum absolute atomic E-state index is 14.2. The highest BCUT2D eigenvalue weighted by Gasteiger charge is 2.49. The lowest BCUT2D eigenvalue weighted by atomic mass is 9.83. The first-order valence-electron chi connectivity index (χ1n) is 14.0. The van der Waals surface area contributed by atoms with Crippen molar-refractivity contribution in [3.8, 4) is 5.75 Å². The predicted octanol–water partition coefficient (Wildman–Crippen LogP) is 3.46. The zero-order valence-corrected chi connectivity index (χ0v) is 23.6. The Labute approximate surface area is 245 Å². The van der Waals surface area contributed by atoms with Crippen LogP contribution in [-0.4, -0.2) is 55.8 Å². The van der Waals surface area contributed by atoms with Gasteiger partial charge in [0.1, 0.15) is 29.6 Å². The van der Waals surface area contributed by atoms with E-state index < -0.39 is 75.9 Å². The molecule has 0 saturated carbocycles. The molecule has 4 atom stereocenters. The van der Waals surface area contributed by atoms with Gasteiger partial charge < -0.3 is 29.7 Å². The number of fused-ring (bicyclic) bond motifs is 4. The molecule has 3 N–H and O–H groups in total. The molecule has 1 aromatic heterocycles. The second kappa shape index (κ2) is 11.8. The van der Waals surface area contributed by atoms with Crippen LogP contribution in [0.1, 0.15) is 71.1 Å². The highest BCUT2D eigenvalue weighted by Crippen LogP contribution is 2.42. The standard InChI is InChI=1S/C31H32F3N3O6/c1-17-8-9-31(42,12-18(2)38)25-15-36(17)30(41)26-28(43-16-19-6-4-3-5-7-19)27(39)22(14-37(25)26)29(40)35-13-21-23(33)10-20(32)11-24(21)34/h3-7,10-11,14,17-18,25,38,42H,8-9,12-13,15-16H2,1-2H3,(H,35,40)/t17-,18?,25+,31+/m0/s1. The number of rotatable bonds is 8. The summed E-state index contributed by atoms with van der Waals surface area (Å²) < 4.78 is 49.1. The van der Waals surface area contributed by atoms with Gasteiger partial charge in [0, 0.05) is 49.4 Å². The molecule has 2 aliphatic heterocycles. The van der Waals surface area contributed by atoms with Crippen LogP contribution in [0.25, 0.3) is 0 Å².